The maximum atomic E-state index is 8.99. The van der Waals surface area contributed by atoms with Gasteiger partial charge in [-0.1, -0.05) is 18.5 Å². The van der Waals surface area contributed by atoms with E-state index in [1.54, 1.807) is 18.2 Å². The molecule has 0 fully saturated rings. The molecule has 18 heavy (non-hydrogen) atoms. The molecular weight excluding hydrogens is 271 g/mol. The minimum Gasteiger partial charge on any atom is -0.489 e. The molecule has 0 amide bonds. The number of nitrogens with one attached hydrogen (secondary N) is 1. The molecule has 1 aromatic carbocycles. The van der Waals surface area contributed by atoms with Crippen LogP contribution >= 0.6 is 24.0 Å². The monoisotopic (exact) mass is 288 g/mol. The van der Waals surface area contributed by atoms with Crippen molar-refractivity contribution >= 4 is 24.0 Å². The van der Waals surface area contributed by atoms with Crippen molar-refractivity contribution in [2.24, 2.45) is 0 Å². The zero-order valence-electron chi connectivity index (χ0n) is 10.6. The van der Waals surface area contributed by atoms with Gasteiger partial charge < -0.3 is 10.1 Å². The zero-order chi connectivity index (χ0) is 12.7. The molecule has 1 rings (SSSR count). The van der Waals surface area contributed by atoms with Crippen molar-refractivity contribution in [2.75, 3.05) is 13.6 Å². The highest BCUT2D eigenvalue weighted by molar-refractivity contribution is 6.30. The molecule has 1 aromatic rings. The lowest BCUT2D eigenvalue weighted by Gasteiger charge is -2.18. The van der Waals surface area contributed by atoms with Gasteiger partial charge in [0.15, 0.2) is 0 Å². The molecule has 0 aliphatic heterocycles. The van der Waals surface area contributed by atoms with Crippen LogP contribution in [0, 0.1) is 11.3 Å². The maximum absolute atomic E-state index is 8.99. The highest BCUT2D eigenvalue weighted by atomic mass is 35.5. The van der Waals surface area contributed by atoms with E-state index in [0.29, 0.717) is 16.3 Å². The van der Waals surface area contributed by atoms with Gasteiger partial charge in [-0.3, -0.25) is 0 Å². The van der Waals surface area contributed by atoms with E-state index in [4.69, 9.17) is 21.6 Å². The quantitative estimate of drug-likeness (QED) is 0.873. The lowest BCUT2D eigenvalue weighted by Crippen LogP contribution is -2.22. The van der Waals surface area contributed by atoms with Gasteiger partial charge in [0, 0.05) is 11.1 Å². The Balaban J connectivity index is 0.00000289. The van der Waals surface area contributed by atoms with E-state index in [9.17, 15) is 0 Å². The lowest BCUT2D eigenvalue weighted by molar-refractivity contribution is 0.186. The van der Waals surface area contributed by atoms with Crippen LogP contribution in [0.5, 0.6) is 5.75 Å². The number of nitrogens with zero attached hydrogens (tertiary/aromatic N) is 1. The Morgan fingerprint density at radius 2 is 2.22 bits per heavy atom. The van der Waals surface area contributed by atoms with E-state index in [2.05, 4.69) is 18.3 Å². The van der Waals surface area contributed by atoms with Gasteiger partial charge in [-0.2, -0.15) is 5.26 Å². The topological polar surface area (TPSA) is 45.0 Å². The van der Waals surface area contributed by atoms with Gasteiger partial charge in [0.2, 0.25) is 0 Å². The van der Waals surface area contributed by atoms with E-state index < -0.39 is 0 Å². The maximum Gasteiger partial charge on any atom is 0.138 e. The summed E-state index contributed by atoms with van der Waals surface area (Å²) in [5.74, 6) is 0.572. The van der Waals surface area contributed by atoms with Gasteiger partial charge >= 0.3 is 0 Å². The Bertz CT molecular complexity index is 404. The van der Waals surface area contributed by atoms with Crippen LogP contribution in [0.15, 0.2) is 18.2 Å². The molecular formula is C13H18Cl2N2O. The number of nitriles is 1. The largest absolute Gasteiger partial charge is 0.489 e. The first-order valence-corrected chi connectivity index (χ1v) is 6.10. The predicted octanol–water partition coefficient (Wildman–Crippen LogP) is 3.40. The predicted molar refractivity (Wildman–Crippen MR) is 76.7 cm³/mol. The summed E-state index contributed by atoms with van der Waals surface area (Å²) in [6.45, 7) is 2.96. The average Bonchev–Trinajstić information content (AvgIpc) is 2.34. The van der Waals surface area contributed by atoms with Crippen LogP contribution < -0.4 is 10.1 Å². The molecule has 0 heterocycles. The minimum absolute atomic E-state index is 0. The van der Waals surface area contributed by atoms with E-state index in [1.165, 1.54) is 0 Å². The van der Waals surface area contributed by atoms with E-state index in [-0.39, 0.29) is 18.5 Å². The average molecular weight is 289 g/mol. The molecule has 0 aromatic heterocycles. The Morgan fingerprint density at radius 1 is 1.50 bits per heavy atom. The molecule has 1 N–H and O–H groups in total. The Morgan fingerprint density at radius 3 is 2.78 bits per heavy atom. The highest BCUT2D eigenvalue weighted by Gasteiger charge is 2.11. The number of benzene rings is 1. The molecule has 0 radical (unpaired) electrons. The highest BCUT2D eigenvalue weighted by Crippen LogP contribution is 2.24. The third-order valence-electron chi connectivity index (χ3n) is 2.53. The molecule has 1 unspecified atom stereocenters. The smallest absolute Gasteiger partial charge is 0.138 e. The van der Waals surface area contributed by atoms with Crippen molar-refractivity contribution in [3.8, 4) is 11.8 Å². The molecule has 0 spiro atoms. The van der Waals surface area contributed by atoms with Gasteiger partial charge in [-0.05, 0) is 38.6 Å². The second-order valence-corrected chi connectivity index (χ2v) is 4.23. The number of rotatable bonds is 6. The van der Waals surface area contributed by atoms with Crippen molar-refractivity contribution < 1.29 is 4.74 Å². The van der Waals surface area contributed by atoms with Crippen LogP contribution in [-0.4, -0.2) is 19.7 Å². The summed E-state index contributed by atoms with van der Waals surface area (Å²) >= 11 is 5.90. The number of hydrogen-bond donors (Lipinski definition) is 1. The molecule has 0 aliphatic rings. The Kier molecular flexibility index (Phi) is 8.57. The molecule has 0 saturated carbocycles. The fourth-order valence-corrected chi connectivity index (χ4v) is 1.68. The van der Waals surface area contributed by atoms with Crippen LogP contribution in [0.4, 0.5) is 0 Å². The minimum atomic E-state index is 0. The van der Waals surface area contributed by atoms with Crippen molar-refractivity contribution in [3.05, 3.63) is 28.8 Å². The fourth-order valence-electron chi connectivity index (χ4n) is 1.52. The third kappa shape index (κ3) is 5.14. The standard InChI is InChI=1S/C13H17ClN2O.ClH/c1-3-12(6-7-16-2)17-13-8-11(14)5-4-10(13)9-15;/h4-5,8,12,16H,3,6-7H2,1-2H3;1H. The van der Waals surface area contributed by atoms with Gasteiger partial charge in [-0.15, -0.1) is 12.4 Å². The molecule has 0 saturated heterocycles. The molecule has 100 valence electrons. The van der Waals surface area contributed by atoms with Crippen molar-refractivity contribution in [1.29, 1.82) is 5.26 Å². The van der Waals surface area contributed by atoms with Crippen LogP contribution in [0.3, 0.4) is 0 Å². The summed E-state index contributed by atoms with van der Waals surface area (Å²) in [6.07, 6.45) is 1.91. The van der Waals surface area contributed by atoms with E-state index in [1.807, 2.05) is 7.05 Å². The van der Waals surface area contributed by atoms with E-state index >= 15 is 0 Å². The van der Waals surface area contributed by atoms with Gasteiger partial charge in [0.1, 0.15) is 11.8 Å². The molecule has 0 aliphatic carbocycles. The second-order valence-electron chi connectivity index (χ2n) is 3.79. The number of ether oxygens (including phenoxy) is 1. The third-order valence-corrected chi connectivity index (χ3v) is 2.76. The molecule has 3 nitrogen and oxygen atoms in total. The summed E-state index contributed by atoms with van der Waals surface area (Å²) in [6, 6.07) is 7.18. The first-order valence-electron chi connectivity index (χ1n) is 5.72. The normalized spacial score (nSPS) is 11.2. The summed E-state index contributed by atoms with van der Waals surface area (Å²) in [5, 5.41) is 12.7. The summed E-state index contributed by atoms with van der Waals surface area (Å²) in [5.41, 5.74) is 0.525. The Hall–Kier alpha value is -0.950. The van der Waals surface area contributed by atoms with Crippen LogP contribution in [0.1, 0.15) is 25.3 Å². The number of halogens is 2. The summed E-state index contributed by atoms with van der Waals surface area (Å²) < 4.78 is 5.82. The zero-order valence-corrected chi connectivity index (χ0v) is 12.1. The van der Waals surface area contributed by atoms with Gasteiger partial charge in [0.05, 0.1) is 11.7 Å². The summed E-state index contributed by atoms with van der Waals surface area (Å²) in [4.78, 5) is 0. The lowest BCUT2D eigenvalue weighted by atomic mass is 10.2. The molecule has 0 bridgehead atoms. The first-order chi connectivity index (χ1) is 8.21. The first kappa shape index (κ1) is 17.1. The van der Waals surface area contributed by atoms with Crippen LogP contribution in [0.25, 0.3) is 0 Å². The number of hydrogen-bond acceptors (Lipinski definition) is 3. The van der Waals surface area contributed by atoms with Crippen molar-refractivity contribution in [1.82, 2.24) is 5.32 Å². The molecule has 1 atom stereocenters. The SMILES string of the molecule is CCC(CCNC)Oc1cc(Cl)ccc1C#N.Cl. The van der Waals surface area contributed by atoms with Crippen molar-refractivity contribution in [2.45, 2.75) is 25.9 Å². The molecule has 5 heteroatoms. The van der Waals surface area contributed by atoms with E-state index in [0.717, 1.165) is 19.4 Å². The second kappa shape index (κ2) is 9.04. The van der Waals surface area contributed by atoms with Crippen molar-refractivity contribution in [3.63, 3.8) is 0 Å². The van der Waals surface area contributed by atoms with Crippen LogP contribution in [0.2, 0.25) is 5.02 Å². The fraction of sp³-hybridized carbons (Fsp3) is 0.462. The van der Waals surface area contributed by atoms with Gasteiger partial charge in [0.25, 0.3) is 0 Å². The van der Waals surface area contributed by atoms with Gasteiger partial charge in [-0.25, -0.2) is 0 Å². The Labute approximate surface area is 119 Å². The van der Waals surface area contributed by atoms with Crippen LogP contribution in [-0.2, 0) is 0 Å². The summed E-state index contributed by atoms with van der Waals surface area (Å²) in [7, 11) is 1.91.